The highest BCUT2D eigenvalue weighted by Crippen LogP contribution is 2.25. The van der Waals surface area contributed by atoms with Crippen molar-refractivity contribution in [2.45, 2.75) is 77.8 Å². The molecule has 0 aromatic heterocycles. The Morgan fingerprint density at radius 1 is 0.810 bits per heavy atom. The van der Waals surface area contributed by atoms with Gasteiger partial charge in [-0.25, -0.2) is 0 Å². The van der Waals surface area contributed by atoms with Crippen molar-refractivity contribution in [1.29, 1.82) is 0 Å². The second-order valence-electron chi connectivity index (χ2n) is 6.07. The minimum absolute atomic E-state index is 0.0507. The van der Waals surface area contributed by atoms with Gasteiger partial charge in [0.15, 0.2) is 0 Å². The highest BCUT2D eigenvalue weighted by molar-refractivity contribution is 6.18. The first-order valence-electron chi connectivity index (χ1n) is 8.02. The van der Waals surface area contributed by atoms with Crippen LogP contribution in [0.5, 0.6) is 0 Å². The Morgan fingerprint density at radius 2 is 1.14 bits per heavy atom. The van der Waals surface area contributed by atoms with Crippen molar-refractivity contribution in [1.82, 2.24) is 0 Å². The van der Waals surface area contributed by atoms with Crippen LogP contribution in [0.1, 0.15) is 53.4 Å². The molecule has 0 aromatic carbocycles. The van der Waals surface area contributed by atoms with Gasteiger partial charge >= 0.3 is 0 Å². The van der Waals surface area contributed by atoms with Crippen LogP contribution < -0.4 is 0 Å². The van der Waals surface area contributed by atoms with E-state index < -0.39 is 12.2 Å². The van der Waals surface area contributed by atoms with E-state index in [9.17, 15) is 10.2 Å². The minimum atomic E-state index is -0.554. The molecule has 0 fully saturated rings. The summed E-state index contributed by atoms with van der Waals surface area (Å²) in [5.41, 5.74) is 0. The van der Waals surface area contributed by atoms with Crippen molar-refractivity contribution < 1.29 is 14.9 Å². The molecule has 0 rings (SSSR count). The van der Waals surface area contributed by atoms with Crippen LogP contribution >= 0.6 is 23.2 Å². The fourth-order valence-corrected chi connectivity index (χ4v) is 2.51. The molecule has 5 heteroatoms. The van der Waals surface area contributed by atoms with E-state index in [2.05, 4.69) is 27.7 Å². The molecule has 6 atom stereocenters. The number of halogens is 2. The topological polar surface area (TPSA) is 49.7 Å². The third kappa shape index (κ3) is 8.61. The smallest absolute Gasteiger partial charge is 0.0700 e. The average molecular weight is 343 g/mol. The zero-order valence-corrected chi connectivity index (χ0v) is 15.3. The van der Waals surface area contributed by atoms with Gasteiger partial charge in [-0.1, -0.05) is 40.5 Å². The number of rotatable bonds is 12. The van der Waals surface area contributed by atoms with Crippen molar-refractivity contribution in [2.24, 2.45) is 11.8 Å². The molecule has 0 bridgehead atoms. The summed E-state index contributed by atoms with van der Waals surface area (Å²) in [6.45, 7) is 8.47. The van der Waals surface area contributed by atoms with Crippen molar-refractivity contribution in [3.05, 3.63) is 0 Å². The number of aliphatic hydroxyl groups excluding tert-OH is 2. The predicted molar refractivity (Wildman–Crippen MR) is 90.3 cm³/mol. The highest BCUT2D eigenvalue weighted by Gasteiger charge is 2.27. The Hall–Kier alpha value is 0.460. The second kappa shape index (κ2) is 12.0. The summed E-state index contributed by atoms with van der Waals surface area (Å²) < 4.78 is 6.26. The highest BCUT2D eigenvalue weighted by atomic mass is 35.5. The van der Waals surface area contributed by atoms with Gasteiger partial charge in [0, 0.05) is 24.6 Å². The van der Waals surface area contributed by atoms with Gasteiger partial charge in [0.05, 0.1) is 24.4 Å². The van der Waals surface area contributed by atoms with Gasteiger partial charge in [-0.2, -0.15) is 0 Å². The number of hydrogen-bond acceptors (Lipinski definition) is 3. The molecule has 0 heterocycles. The Balaban J connectivity index is 4.83. The molecular formula is C16H32Cl2O3. The zero-order valence-electron chi connectivity index (χ0n) is 13.8. The summed E-state index contributed by atoms with van der Waals surface area (Å²) in [6.07, 6.45) is 1.80. The van der Waals surface area contributed by atoms with Crippen molar-refractivity contribution in [2.75, 3.05) is 11.8 Å². The molecule has 0 aliphatic carbocycles. The first kappa shape index (κ1) is 21.5. The SMILES string of the molecule is CCC(C)C(CC(O)CCl)OC(CC(O)CCl)C(C)CC. The van der Waals surface area contributed by atoms with Gasteiger partial charge in [0.25, 0.3) is 0 Å². The quantitative estimate of drug-likeness (QED) is 0.530. The molecule has 0 aromatic rings. The summed E-state index contributed by atoms with van der Waals surface area (Å²) in [5.74, 6) is 1.11. The van der Waals surface area contributed by atoms with E-state index in [1.165, 1.54) is 0 Å². The van der Waals surface area contributed by atoms with E-state index >= 15 is 0 Å². The molecule has 0 amide bonds. The zero-order chi connectivity index (χ0) is 16.4. The standard InChI is InChI=1S/C16H32Cl2O3/c1-5-11(3)15(7-13(19)9-17)21-16(12(4)6-2)8-14(20)10-18/h11-16,19-20H,5-10H2,1-4H3. The maximum atomic E-state index is 9.83. The van der Waals surface area contributed by atoms with Crippen LogP contribution in [0.3, 0.4) is 0 Å². The van der Waals surface area contributed by atoms with E-state index in [-0.39, 0.29) is 24.0 Å². The number of alkyl halides is 2. The van der Waals surface area contributed by atoms with Gasteiger partial charge in [-0.05, 0) is 11.8 Å². The maximum Gasteiger partial charge on any atom is 0.0700 e. The molecule has 0 aliphatic heterocycles. The monoisotopic (exact) mass is 342 g/mol. The Labute approximate surface area is 140 Å². The van der Waals surface area contributed by atoms with Gasteiger partial charge < -0.3 is 14.9 Å². The van der Waals surface area contributed by atoms with Crippen molar-refractivity contribution in [3.63, 3.8) is 0 Å². The van der Waals surface area contributed by atoms with Crippen LogP contribution in [0.25, 0.3) is 0 Å². The second-order valence-corrected chi connectivity index (χ2v) is 6.69. The molecule has 0 saturated carbocycles. The molecule has 0 radical (unpaired) electrons. The molecule has 128 valence electrons. The summed E-state index contributed by atoms with van der Waals surface area (Å²) in [6, 6.07) is 0. The van der Waals surface area contributed by atoms with Gasteiger partial charge in [-0.3, -0.25) is 0 Å². The summed E-state index contributed by atoms with van der Waals surface area (Å²) in [4.78, 5) is 0. The Kier molecular flexibility index (Phi) is 12.2. The van der Waals surface area contributed by atoms with E-state index in [1.807, 2.05) is 0 Å². The molecule has 0 spiro atoms. The predicted octanol–water partition coefficient (Wildman–Crippen LogP) is 3.81. The summed E-state index contributed by atoms with van der Waals surface area (Å²) in [7, 11) is 0. The van der Waals surface area contributed by atoms with Gasteiger partial charge in [0.2, 0.25) is 0 Å². The lowest BCUT2D eigenvalue weighted by Gasteiger charge is -2.33. The summed E-state index contributed by atoms with van der Waals surface area (Å²) in [5, 5.41) is 19.7. The van der Waals surface area contributed by atoms with Gasteiger partial charge in [0.1, 0.15) is 0 Å². The van der Waals surface area contributed by atoms with E-state index in [1.54, 1.807) is 0 Å². The number of ether oxygens (including phenoxy) is 1. The van der Waals surface area contributed by atoms with Crippen LogP contribution in [0.4, 0.5) is 0 Å². The first-order chi connectivity index (χ1) is 9.89. The lowest BCUT2D eigenvalue weighted by molar-refractivity contribution is -0.0927. The number of aliphatic hydroxyl groups is 2. The van der Waals surface area contributed by atoms with Crippen LogP contribution in [-0.2, 0) is 4.74 Å². The van der Waals surface area contributed by atoms with E-state index in [0.717, 1.165) is 12.8 Å². The molecular weight excluding hydrogens is 311 g/mol. The molecule has 2 N–H and O–H groups in total. The summed E-state index contributed by atoms with van der Waals surface area (Å²) >= 11 is 11.4. The van der Waals surface area contributed by atoms with Crippen LogP contribution in [0.15, 0.2) is 0 Å². The van der Waals surface area contributed by atoms with Gasteiger partial charge in [-0.15, -0.1) is 23.2 Å². The van der Waals surface area contributed by atoms with Crippen molar-refractivity contribution in [3.8, 4) is 0 Å². The lowest BCUT2D eigenvalue weighted by atomic mass is 9.93. The fraction of sp³-hybridized carbons (Fsp3) is 1.00. The maximum absolute atomic E-state index is 9.83. The van der Waals surface area contributed by atoms with E-state index in [4.69, 9.17) is 27.9 Å². The molecule has 6 unspecified atom stereocenters. The largest absolute Gasteiger partial charge is 0.392 e. The Morgan fingerprint density at radius 3 is 1.38 bits per heavy atom. The van der Waals surface area contributed by atoms with Crippen LogP contribution in [0.2, 0.25) is 0 Å². The number of hydrogen-bond donors (Lipinski definition) is 2. The van der Waals surface area contributed by atoms with Crippen LogP contribution in [0, 0.1) is 11.8 Å². The molecule has 0 aliphatic rings. The molecule has 21 heavy (non-hydrogen) atoms. The van der Waals surface area contributed by atoms with Crippen LogP contribution in [-0.4, -0.2) is 46.4 Å². The third-order valence-electron chi connectivity index (χ3n) is 4.27. The fourth-order valence-electron chi connectivity index (χ4n) is 2.26. The third-order valence-corrected chi connectivity index (χ3v) is 4.98. The average Bonchev–Trinajstić information content (AvgIpc) is 2.50. The molecule has 0 saturated heterocycles. The van der Waals surface area contributed by atoms with Crippen molar-refractivity contribution >= 4 is 23.2 Å². The molecule has 3 nitrogen and oxygen atoms in total. The van der Waals surface area contributed by atoms with E-state index in [0.29, 0.717) is 24.7 Å². The normalized spacial score (nSPS) is 20.6. The minimum Gasteiger partial charge on any atom is -0.392 e. The lowest BCUT2D eigenvalue weighted by Crippen LogP contribution is -2.36. The first-order valence-corrected chi connectivity index (χ1v) is 9.09. The Bertz CT molecular complexity index is 230.